The smallest absolute Gasteiger partial charge is 0.194 e. The number of benzene rings is 1. The molecule has 2 rings (SSSR count). The van der Waals surface area contributed by atoms with Crippen LogP contribution >= 0.6 is 24.0 Å². The summed E-state index contributed by atoms with van der Waals surface area (Å²) in [7, 11) is 1.70. The number of hydrogen-bond donors (Lipinski definition) is 2. The molecular formula is C17H28IN3O2. The third kappa shape index (κ3) is 5.53. The van der Waals surface area contributed by atoms with Gasteiger partial charge < -0.3 is 20.1 Å². The zero-order valence-electron chi connectivity index (χ0n) is 14.2. The van der Waals surface area contributed by atoms with E-state index in [1.807, 2.05) is 18.2 Å². The Kier molecular flexibility index (Phi) is 8.68. The van der Waals surface area contributed by atoms with Crippen LogP contribution in [-0.2, 0) is 0 Å². The van der Waals surface area contributed by atoms with Crippen LogP contribution in [0.3, 0.4) is 0 Å². The van der Waals surface area contributed by atoms with Crippen LogP contribution in [0.4, 0.5) is 0 Å². The van der Waals surface area contributed by atoms with E-state index in [2.05, 4.69) is 30.1 Å². The van der Waals surface area contributed by atoms with Crippen LogP contribution < -0.4 is 10.1 Å². The predicted molar refractivity (Wildman–Crippen MR) is 105 cm³/mol. The lowest BCUT2D eigenvalue weighted by atomic mass is 10.0. The zero-order chi connectivity index (χ0) is 15.9. The Labute approximate surface area is 156 Å². The highest BCUT2D eigenvalue weighted by Crippen LogP contribution is 2.26. The lowest BCUT2D eigenvalue weighted by molar-refractivity contribution is 0.188. The number of likely N-dealkylation sites (tertiary alicyclic amines) is 1. The molecule has 130 valence electrons. The molecule has 0 aromatic heterocycles. The number of methoxy groups -OCH3 is 1. The number of ether oxygens (including phenoxy) is 1. The first-order valence-corrected chi connectivity index (χ1v) is 8.00. The second-order valence-corrected chi connectivity index (χ2v) is 5.73. The number of β-amino-alcohol motifs (C(OH)–C–C–N with tert-alkyl or cyclic N) is 1. The van der Waals surface area contributed by atoms with E-state index >= 15 is 0 Å². The normalized spacial score (nSPS) is 19.2. The summed E-state index contributed by atoms with van der Waals surface area (Å²) in [6.07, 6.45) is 0.572. The van der Waals surface area contributed by atoms with E-state index in [1.54, 1.807) is 7.11 Å². The standard InChI is InChI=1S/C17H27N3O2.HI/c1-4-18-17(20-10-9-14(21)12-20)19-11-13(2)15-7-5-6-8-16(15)22-3;/h5-8,13-14,21H,4,9-12H2,1-3H3,(H,18,19);1H/t13?,14-;/m1./s1. The maximum atomic E-state index is 9.70. The van der Waals surface area contributed by atoms with Gasteiger partial charge in [0.1, 0.15) is 5.75 Å². The highest BCUT2D eigenvalue weighted by molar-refractivity contribution is 14.0. The Hall–Kier alpha value is -1.02. The summed E-state index contributed by atoms with van der Waals surface area (Å²) in [6.45, 7) is 7.25. The lowest BCUT2D eigenvalue weighted by Gasteiger charge is -2.22. The topological polar surface area (TPSA) is 57.1 Å². The van der Waals surface area contributed by atoms with Gasteiger partial charge in [-0.2, -0.15) is 0 Å². The quantitative estimate of drug-likeness (QED) is 0.426. The zero-order valence-corrected chi connectivity index (χ0v) is 16.5. The van der Waals surface area contributed by atoms with E-state index in [0.717, 1.165) is 31.2 Å². The number of guanidine groups is 1. The number of hydrogen-bond acceptors (Lipinski definition) is 3. The molecule has 23 heavy (non-hydrogen) atoms. The number of halogens is 1. The lowest BCUT2D eigenvalue weighted by Crippen LogP contribution is -2.40. The Morgan fingerprint density at radius 3 is 2.83 bits per heavy atom. The highest BCUT2D eigenvalue weighted by Gasteiger charge is 2.23. The number of nitrogens with one attached hydrogen (secondary N) is 1. The molecule has 1 aromatic carbocycles. The summed E-state index contributed by atoms with van der Waals surface area (Å²) in [6, 6.07) is 8.08. The first kappa shape index (κ1) is 20.0. The van der Waals surface area contributed by atoms with Crippen molar-refractivity contribution >= 4 is 29.9 Å². The highest BCUT2D eigenvalue weighted by atomic mass is 127. The second kappa shape index (κ2) is 9.97. The van der Waals surface area contributed by atoms with Crippen LogP contribution in [0.25, 0.3) is 0 Å². The summed E-state index contributed by atoms with van der Waals surface area (Å²) in [4.78, 5) is 6.87. The maximum absolute atomic E-state index is 9.70. The average Bonchev–Trinajstić information content (AvgIpc) is 2.97. The third-order valence-corrected chi connectivity index (χ3v) is 3.98. The van der Waals surface area contributed by atoms with Crippen molar-refractivity contribution in [3.63, 3.8) is 0 Å². The number of para-hydroxylation sites is 1. The molecule has 0 saturated carbocycles. The molecule has 6 heteroatoms. The first-order valence-electron chi connectivity index (χ1n) is 8.00. The van der Waals surface area contributed by atoms with Gasteiger partial charge >= 0.3 is 0 Å². The number of aliphatic imine (C=N–C) groups is 1. The molecule has 5 nitrogen and oxygen atoms in total. The van der Waals surface area contributed by atoms with Crippen LogP contribution in [0.1, 0.15) is 31.7 Å². The van der Waals surface area contributed by atoms with Gasteiger partial charge in [0, 0.05) is 32.1 Å². The van der Waals surface area contributed by atoms with Crippen molar-refractivity contribution in [2.75, 3.05) is 33.3 Å². The molecule has 1 heterocycles. The molecule has 0 amide bonds. The minimum atomic E-state index is -0.240. The van der Waals surface area contributed by atoms with Gasteiger partial charge in [-0.25, -0.2) is 0 Å². The minimum absolute atomic E-state index is 0. The Morgan fingerprint density at radius 1 is 1.48 bits per heavy atom. The summed E-state index contributed by atoms with van der Waals surface area (Å²) in [5.74, 6) is 2.07. The van der Waals surface area contributed by atoms with Crippen LogP contribution in [-0.4, -0.2) is 55.4 Å². The van der Waals surface area contributed by atoms with Crippen molar-refractivity contribution in [2.45, 2.75) is 32.3 Å². The van der Waals surface area contributed by atoms with E-state index in [0.29, 0.717) is 13.1 Å². The van der Waals surface area contributed by atoms with E-state index in [-0.39, 0.29) is 36.0 Å². The molecular weight excluding hydrogens is 405 g/mol. The largest absolute Gasteiger partial charge is 0.496 e. The van der Waals surface area contributed by atoms with Gasteiger partial charge in [-0.1, -0.05) is 25.1 Å². The Balaban J connectivity index is 0.00000264. The van der Waals surface area contributed by atoms with E-state index in [1.165, 1.54) is 5.56 Å². The van der Waals surface area contributed by atoms with Crippen molar-refractivity contribution in [2.24, 2.45) is 4.99 Å². The molecule has 0 aliphatic carbocycles. The van der Waals surface area contributed by atoms with Gasteiger partial charge in [-0.3, -0.25) is 4.99 Å². The molecule has 2 atom stereocenters. The molecule has 1 saturated heterocycles. The van der Waals surface area contributed by atoms with E-state index in [4.69, 9.17) is 9.73 Å². The van der Waals surface area contributed by atoms with Crippen molar-refractivity contribution < 1.29 is 9.84 Å². The fourth-order valence-corrected chi connectivity index (χ4v) is 2.76. The number of aliphatic hydroxyl groups is 1. The van der Waals surface area contributed by atoms with Gasteiger partial charge in [0.15, 0.2) is 5.96 Å². The van der Waals surface area contributed by atoms with Gasteiger partial charge in [-0.05, 0) is 25.0 Å². The minimum Gasteiger partial charge on any atom is -0.496 e. The Bertz CT molecular complexity index is 510. The fourth-order valence-electron chi connectivity index (χ4n) is 2.76. The van der Waals surface area contributed by atoms with Crippen LogP contribution in [0, 0.1) is 0 Å². The molecule has 1 aliphatic heterocycles. The molecule has 1 fully saturated rings. The summed E-state index contributed by atoms with van der Waals surface area (Å²) >= 11 is 0. The maximum Gasteiger partial charge on any atom is 0.194 e. The number of rotatable bonds is 5. The molecule has 1 aromatic rings. The van der Waals surface area contributed by atoms with Crippen LogP contribution in [0.2, 0.25) is 0 Å². The Morgan fingerprint density at radius 2 is 2.22 bits per heavy atom. The summed E-state index contributed by atoms with van der Waals surface area (Å²) < 4.78 is 5.43. The molecule has 1 aliphatic rings. The molecule has 1 unspecified atom stereocenters. The molecule has 2 N–H and O–H groups in total. The molecule has 0 spiro atoms. The monoisotopic (exact) mass is 433 g/mol. The predicted octanol–water partition coefficient (Wildman–Crippen LogP) is 2.45. The average molecular weight is 433 g/mol. The van der Waals surface area contributed by atoms with Crippen molar-refractivity contribution in [3.8, 4) is 5.75 Å². The SMILES string of the molecule is CCNC(=NCC(C)c1ccccc1OC)N1CC[C@@H](O)C1.I. The van der Waals surface area contributed by atoms with Gasteiger partial charge in [0.25, 0.3) is 0 Å². The van der Waals surface area contributed by atoms with Crippen molar-refractivity contribution in [1.82, 2.24) is 10.2 Å². The van der Waals surface area contributed by atoms with Crippen molar-refractivity contribution in [1.29, 1.82) is 0 Å². The van der Waals surface area contributed by atoms with E-state index < -0.39 is 0 Å². The second-order valence-electron chi connectivity index (χ2n) is 5.73. The molecule has 0 radical (unpaired) electrons. The molecule has 0 bridgehead atoms. The van der Waals surface area contributed by atoms with E-state index in [9.17, 15) is 5.11 Å². The van der Waals surface area contributed by atoms with Crippen LogP contribution in [0.5, 0.6) is 5.75 Å². The van der Waals surface area contributed by atoms with Gasteiger partial charge in [-0.15, -0.1) is 24.0 Å². The summed E-state index contributed by atoms with van der Waals surface area (Å²) in [5.41, 5.74) is 1.17. The first-order chi connectivity index (χ1) is 10.7. The third-order valence-electron chi connectivity index (χ3n) is 3.98. The summed E-state index contributed by atoms with van der Waals surface area (Å²) in [5, 5.41) is 13.0. The fraction of sp³-hybridized carbons (Fsp3) is 0.588. The van der Waals surface area contributed by atoms with Gasteiger partial charge in [0.05, 0.1) is 13.2 Å². The van der Waals surface area contributed by atoms with Crippen LogP contribution in [0.15, 0.2) is 29.3 Å². The van der Waals surface area contributed by atoms with Gasteiger partial charge in [0.2, 0.25) is 0 Å². The number of nitrogens with zero attached hydrogens (tertiary/aromatic N) is 2. The van der Waals surface area contributed by atoms with Crippen molar-refractivity contribution in [3.05, 3.63) is 29.8 Å². The number of aliphatic hydroxyl groups excluding tert-OH is 1.